The van der Waals surface area contributed by atoms with E-state index in [1.165, 1.54) is 0 Å². The van der Waals surface area contributed by atoms with Crippen LogP contribution in [0.2, 0.25) is 10.0 Å². The van der Waals surface area contributed by atoms with Gasteiger partial charge in [-0.25, -0.2) is 0 Å². The van der Waals surface area contributed by atoms with Gasteiger partial charge in [-0.1, -0.05) is 10.0 Å². The molecule has 0 atom stereocenters. The van der Waals surface area contributed by atoms with Crippen molar-refractivity contribution in [3.63, 3.8) is 0 Å². The third kappa shape index (κ3) is 3.18. The van der Waals surface area contributed by atoms with Crippen LogP contribution >= 0.6 is 23.2 Å². The molecule has 0 N–H and O–H groups in total. The molecule has 3 heteroatoms. The van der Waals surface area contributed by atoms with Crippen molar-refractivity contribution >= 4 is 23.2 Å². The van der Waals surface area contributed by atoms with E-state index in [-0.39, 0.29) is 18.9 Å². The van der Waals surface area contributed by atoms with Gasteiger partial charge in [0.25, 0.3) is 0 Å². The van der Waals surface area contributed by atoms with Crippen LogP contribution in [0, 0.1) is 6.07 Å². The Morgan fingerprint density at radius 1 is 1.22 bits per heavy atom. The van der Waals surface area contributed by atoms with Crippen LogP contribution in [0.4, 0.5) is 0 Å². The number of rotatable bonds is 0. The van der Waals surface area contributed by atoms with Crippen LogP contribution in [-0.4, -0.2) is 0 Å². The number of halogens is 2. The van der Waals surface area contributed by atoms with E-state index in [1.54, 1.807) is 18.2 Å². The van der Waals surface area contributed by atoms with Gasteiger partial charge < -0.3 is 0 Å². The Labute approximate surface area is 76.3 Å². The third-order valence-corrected chi connectivity index (χ3v) is 1.21. The molecule has 0 saturated carbocycles. The summed E-state index contributed by atoms with van der Waals surface area (Å²) in [6.07, 6.45) is 0. The summed E-state index contributed by atoms with van der Waals surface area (Å²) in [5.41, 5.74) is 0. The molecule has 1 aromatic carbocycles. The van der Waals surface area contributed by atoms with Gasteiger partial charge in [0.2, 0.25) is 0 Å². The van der Waals surface area contributed by atoms with Crippen molar-refractivity contribution < 1.29 is 18.9 Å². The minimum atomic E-state index is 0. The van der Waals surface area contributed by atoms with Gasteiger partial charge in [-0.2, -0.15) is 35.9 Å². The van der Waals surface area contributed by atoms with Gasteiger partial charge in [0.1, 0.15) is 0 Å². The third-order valence-electron chi connectivity index (χ3n) is 0.737. The topological polar surface area (TPSA) is 0 Å². The molecule has 0 aromatic heterocycles. The summed E-state index contributed by atoms with van der Waals surface area (Å²) in [6.45, 7) is 0. The number of hydrogen-bond donors (Lipinski definition) is 0. The summed E-state index contributed by atoms with van der Waals surface area (Å²) < 4.78 is 0. The molecule has 0 aliphatic rings. The van der Waals surface area contributed by atoms with Crippen molar-refractivity contribution in [2.45, 2.75) is 0 Å². The van der Waals surface area contributed by atoms with Crippen molar-refractivity contribution in [3.8, 4) is 0 Å². The van der Waals surface area contributed by atoms with E-state index in [4.69, 9.17) is 23.2 Å². The summed E-state index contributed by atoms with van der Waals surface area (Å²) in [7, 11) is 0. The molecule has 0 aliphatic heterocycles. The first-order valence-corrected chi connectivity index (χ1v) is 2.87. The van der Waals surface area contributed by atoms with E-state index < -0.39 is 0 Å². The van der Waals surface area contributed by atoms with Gasteiger partial charge in [-0.15, -0.1) is 11.6 Å². The van der Waals surface area contributed by atoms with E-state index in [1.807, 2.05) is 0 Å². The van der Waals surface area contributed by atoms with Crippen LogP contribution in [0.1, 0.15) is 0 Å². The largest absolute Gasteiger partial charge is 1.00 e. The zero-order chi connectivity index (χ0) is 5.98. The van der Waals surface area contributed by atoms with Crippen LogP contribution < -0.4 is 18.9 Å². The fourth-order valence-electron chi connectivity index (χ4n) is 0.387. The molecule has 0 spiro atoms. The quantitative estimate of drug-likeness (QED) is 0.357. The van der Waals surface area contributed by atoms with E-state index in [2.05, 4.69) is 6.07 Å². The van der Waals surface area contributed by atoms with Crippen molar-refractivity contribution in [1.82, 2.24) is 0 Å². The molecule has 0 nitrogen and oxygen atoms in total. The molecule has 0 fully saturated rings. The summed E-state index contributed by atoms with van der Waals surface area (Å²) in [4.78, 5) is 0. The Bertz CT molecular complexity index is 150. The van der Waals surface area contributed by atoms with Crippen LogP contribution in [0.15, 0.2) is 18.2 Å². The normalized spacial score (nSPS) is 8.22. The van der Waals surface area contributed by atoms with Crippen LogP contribution in [0.3, 0.4) is 0 Å². The van der Waals surface area contributed by atoms with Crippen LogP contribution in [-0.2, 0) is 0 Å². The predicted molar refractivity (Wildman–Crippen MR) is 35.3 cm³/mol. The molecule has 0 amide bonds. The van der Waals surface area contributed by atoms with Crippen molar-refractivity contribution in [2.75, 3.05) is 0 Å². The van der Waals surface area contributed by atoms with Crippen molar-refractivity contribution in [2.24, 2.45) is 0 Å². The second-order valence-corrected chi connectivity index (χ2v) is 2.20. The summed E-state index contributed by atoms with van der Waals surface area (Å²) in [5, 5.41) is 1.25. The molecular weight excluding hydrogens is 150 g/mol. The van der Waals surface area contributed by atoms with Gasteiger partial charge in [-0.05, 0) is 0 Å². The van der Waals surface area contributed by atoms with Gasteiger partial charge in [-0.3, -0.25) is 0 Å². The molecule has 1 aromatic rings. The zero-order valence-corrected chi connectivity index (χ0v) is 6.50. The fraction of sp³-hybridized carbons (Fsp3) is 0. The Hall–Kier alpha value is 0.397. The summed E-state index contributed by atoms with van der Waals surface area (Å²) in [6, 6.07) is 7.78. The number of hydrogen-bond acceptors (Lipinski definition) is 0. The molecule has 1 rings (SSSR count). The fourth-order valence-corrected chi connectivity index (χ4v) is 0.622. The Morgan fingerprint density at radius 3 is 2.22 bits per heavy atom. The summed E-state index contributed by atoms with van der Waals surface area (Å²) >= 11 is 11.0. The maximum absolute atomic E-state index is 5.52. The molecular formula is C6H3Cl2Li. The molecule has 0 radical (unpaired) electrons. The Balaban J connectivity index is 0.000000640. The average Bonchev–Trinajstić information content (AvgIpc) is 1.77. The van der Waals surface area contributed by atoms with Crippen LogP contribution in [0.5, 0.6) is 0 Å². The molecule has 0 unspecified atom stereocenters. The average molecular weight is 153 g/mol. The molecule has 0 saturated heterocycles. The van der Waals surface area contributed by atoms with Gasteiger partial charge in [0.15, 0.2) is 0 Å². The second kappa shape index (κ2) is 4.25. The molecule has 9 heavy (non-hydrogen) atoms. The van der Waals surface area contributed by atoms with E-state index in [9.17, 15) is 0 Å². The predicted octanol–water partition coefficient (Wildman–Crippen LogP) is -0.202. The maximum Gasteiger partial charge on any atom is 1.00 e. The van der Waals surface area contributed by atoms with E-state index in [0.29, 0.717) is 10.0 Å². The smallest absolute Gasteiger partial charge is 0.167 e. The first-order chi connectivity index (χ1) is 3.79. The monoisotopic (exact) mass is 152 g/mol. The molecule has 0 bridgehead atoms. The standard InChI is InChI=1S/C6H3Cl2.Li/c7-5-1-2-6(8)4-3-5;/h1-3H;/q-1;+1. The van der Waals surface area contributed by atoms with E-state index in [0.717, 1.165) is 0 Å². The maximum atomic E-state index is 5.52. The minimum Gasteiger partial charge on any atom is -0.167 e. The second-order valence-electron chi connectivity index (χ2n) is 1.35. The minimum absolute atomic E-state index is 0. The molecule has 0 heterocycles. The number of benzene rings is 1. The van der Waals surface area contributed by atoms with Gasteiger partial charge >= 0.3 is 18.9 Å². The molecule has 0 aliphatic carbocycles. The zero-order valence-electron chi connectivity index (χ0n) is 4.99. The van der Waals surface area contributed by atoms with Crippen molar-refractivity contribution in [1.29, 1.82) is 0 Å². The van der Waals surface area contributed by atoms with Crippen molar-refractivity contribution in [3.05, 3.63) is 34.3 Å². The van der Waals surface area contributed by atoms with E-state index >= 15 is 0 Å². The van der Waals surface area contributed by atoms with Crippen LogP contribution in [0.25, 0.3) is 0 Å². The summed E-state index contributed by atoms with van der Waals surface area (Å²) in [5.74, 6) is 0. The van der Waals surface area contributed by atoms with Gasteiger partial charge in [0, 0.05) is 0 Å². The van der Waals surface area contributed by atoms with Gasteiger partial charge in [0.05, 0.1) is 0 Å². The Morgan fingerprint density at radius 2 is 1.89 bits per heavy atom. The first kappa shape index (κ1) is 9.40. The molecule has 42 valence electrons. The Kier molecular flexibility index (Phi) is 4.44. The SMILES string of the molecule is Clc1[c-]cc(Cl)cc1.[Li+]. The first-order valence-electron chi connectivity index (χ1n) is 2.12.